The Bertz CT molecular complexity index is 475. The third-order valence-corrected chi connectivity index (χ3v) is 2.17. The fourth-order valence-corrected chi connectivity index (χ4v) is 1.56. The smallest absolute Gasteiger partial charge is 0.120 e. The summed E-state index contributed by atoms with van der Waals surface area (Å²) in [5, 5.41) is 11.5. The first-order valence-corrected chi connectivity index (χ1v) is 5.04. The summed E-state index contributed by atoms with van der Waals surface area (Å²) in [6.07, 6.45) is 0.166. The van der Waals surface area contributed by atoms with Gasteiger partial charge in [-0.25, -0.2) is 0 Å². The maximum absolute atomic E-state index is 9.36. The number of hydrogen-bond donors (Lipinski definition) is 1. The van der Waals surface area contributed by atoms with Gasteiger partial charge in [0, 0.05) is 0 Å². The van der Waals surface area contributed by atoms with Crippen LogP contribution in [0.5, 0.6) is 11.5 Å². The standard InChI is InChI=1S/C13H14O2/c1-9(2)15-13-6-4-10-3-5-12(14)7-11(10)8-13/h3-9,14H,1-2H3. The third kappa shape index (κ3) is 2.21. The Kier molecular flexibility index (Phi) is 2.50. The van der Waals surface area contributed by atoms with Crippen LogP contribution in [0.3, 0.4) is 0 Å². The van der Waals surface area contributed by atoms with Crippen LogP contribution in [0.2, 0.25) is 0 Å². The largest absolute Gasteiger partial charge is 0.508 e. The summed E-state index contributed by atoms with van der Waals surface area (Å²) in [5.41, 5.74) is 0. The van der Waals surface area contributed by atoms with Crippen LogP contribution in [0.15, 0.2) is 36.4 Å². The summed E-state index contributed by atoms with van der Waals surface area (Å²) in [6, 6.07) is 11.2. The molecular formula is C13H14O2. The van der Waals surface area contributed by atoms with Crippen molar-refractivity contribution in [3.8, 4) is 11.5 Å². The molecule has 2 aromatic carbocycles. The maximum atomic E-state index is 9.36. The van der Waals surface area contributed by atoms with Gasteiger partial charge in [-0.05, 0) is 48.9 Å². The number of fused-ring (bicyclic) bond motifs is 1. The Morgan fingerprint density at radius 1 is 1.00 bits per heavy atom. The molecule has 0 saturated carbocycles. The fraction of sp³-hybridized carbons (Fsp3) is 0.231. The third-order valence-electron chi connectivity index (χ3n) is 2.17. The monoisotopic (exact) mass is 202 g/mol. The van der Waals surface area contributed by atoms with E-state index in [4.69, 9.17) is 4.74 Å². The highest BCUT2D eigenvalue weighted by Crippen LogP contribution is 2.24. The van der Waals surface area contributed by atoms with E-state index in [1.165, 1.54) is 0 Å². The van der Waals surface area contributed by atoms with E-state index in [0.717, 1.165) is 16.5 Å². The molecule has 0 radical (unpaired) electrons. The summed E-state index contributed by atoms with van der Waals surface area (Å²) < 4.78 is 5.58. The number of phenols is 1. The van der Waals surface area contributed by atoms with Gasteiger partial charge in [0.05, 0.1) is 6.10 Å². The summed E-state index contributed by atoms with van der Waals surface area (Å²) in [5.74, 6) is 1.12. The van der Waals surface area contributed by atoms with Gasteiger partial charge in [0.1, 0.15) is 11.5 Å². The van der Waals surface area contributed by atoms with E-state index in [2.05, 4.69) is 0 Å². The molecule has 0 spiro atoms. The van der Waals surface area contributed by atoms with Crippen LogP contribution in [-0.2, 0) is 0 Å². The van der Waals surface area contributed by atoms with Gasteiger partial charge in [-0.1, -0.05) is 12.1 Å². The number of rotatable bonds is 2. The van der Waals surface area contributed by atoms with Crippen LogP contribution in [0.4, 0.5) is 0 Å². The van der Waals surface area contributed by atoms with E-state index in [-0.39, 0.29) is 11.9 Å². The molecule has 78 valence electrons. The highest BCUT2D eigenvalue weighted by Gasteiger charge is 2.00. The molecule has 2 heteroatoms. The van der Waals surface area contributed by atoms with E-state index in [1.807, 2.05) is 38.1 Å². The zero-order valence-corrected chi connectivity index (χ0v) is 8.90. The quantitative estimate of drug-likeness (QED) is 0.809. The molecule has 0 saturated heterocycles. The average molecular weight is 202 g/mol. The first kappa shape index (κ1) is 9.84. The van der Waals surface area contributed by atoms with Gasteiger partial charge in [-0.2, -0.15) is 0 Å². The van der Waals surface area contributed by atoms with Crippen LogP contribution < -0.4 is 4.74 Å². The highest BCUT2D eigenvalue weighted by atomic mass is 16.5. The second-order valence-corrected chi connectivity index (χ2v) is 3.86. The Labute approximate surface area is 89.1 Å². The number of phenolic OH excluding ortho intramolecular Hbond substituents is 1. The second-order valence-electron chi connectivity index (χ2n) is 3.86. The second kappa shape index (κ2) is 3.81. The van der Waals surface area contributed by atoms with Crippen molar-refractivity contribution in [3.05, 3.63) is 36.4 Å². The van der Waals surface area contributed by atoms with Gasteiger partial charge in [0.25, 0.3) is 0 Å². The topological polar surface area (TPSA) is 29.5 Å². The van der Waals surface area contributed by atoms with Gasteiger partial charge < -0.3 is 9.84 Å². The van der Waals surface area contributed by atoms with Gasteiger partial charge >= 0.3 is 0 Å². The number of benzene rings is 2. The first-order chi connectivity index (χ1) is 7.15. The Balaban J connectivity index is 2.45. The molecule has 2 nitrogen and oxygen atoms in total. The highest BCUT2D eigenvalue weighted by molar-refractivity contribution is 5.85. The van der Waals surface area contributed by atoms with Crippen molar-refractivity contribution in [2.45, 2.75) is 20.0 Å². The van der Waals surface area contributed by atoms with E-state index in [9.17, 15) is 5.11 Å². The normalized spacial score (nSPS) is 10.9. The number of ether oxygens (including phenoxy) is 1. The van der Waals surface area contributed by atoms with E-state index in [0.29, 0.717) is 0 Å². The Morgan fingerprint density at radius 3 is 2.47 bits per heavy atom. The SMILES string of the molecule is CC(C)Oc1ccc2ccc(O)cc2c1. The summed E-state index contributed by atoms with van der Waals surface area (Å²) >= 11 is 0. The lowest BCUT2D eigenvalue weighted by atomic mass is 10.1. The molecule has 0 bridgehead atoms. The molecular weight excluding hydrogens is 188 g/mol. The molecule has 0 amide bonds. The maximum Gasteiger partial charge on any atom is 0.120 e. The number of aromatic hydroxyl groups is 1. The lowest BCUT2D eigenvalue weighted by Gasteiger charge is -2.10. The van der Waals surface area contributed by atoms with Gasteiger partial charge in [0.15, 0.2) is 0 Å². The molecule has 0 unspecified atom stereocenters. The summed E-state index contributed by atoms with van der Waals surface area (Å²) in [4.78, 5) is 0. The molecule has 2 aromatic rings. The van der Waals surface area contributed by atoms with Crippen LogP contribution in [0.1, 0.15) is 13.8 Å². The summed E-state index contributed by atoms with van der Waals surface area (Å²) in [6.45, 7) is 3.99. The lowest BCUT2D eigenvalue weighted by molar-refractivity contribution is 0.243. The average Bonchev–Trinajstić information content (AvgIpc) is 2.16. The van der Waals surface area contributed by atoms with Crippen molar-refractivity contribution in [3.63, 3.8) is 0 Å². The Morgan fingerprint density at radius 2 is 1.73 bits per heavy atom. The molecule has 0 heterocycles. The van der Waals surface area contributed by atoms with E-state index >= 15 is 0 Å². The number of hydrogen-bond acceptors (Lipinski definition) is 2. The molecule has 2 rings (SSSR count). The summed E-state index contributed by atoms with van der Waals surface area (Å²) in [7, 11) is 0. The van der Waals surface area contributed by atoms with Crippen molar-refractivity contribution < 1.29 is 9.84 Å². The molecule has 0 aromatic heterocycles. The lowest BCUT2D eigenvalue weighted by Crippen LogP contribution is -2.05. The van der Waals surface area contributed by atoms with Gasteiger partial charge in [-0.15, -0.1) is 0 Å². The van der Waals surface area contributed by atoms with Crippen LogP contribution in [0, 0.1) is 0 Å². The predicted octanol–water partition coefficient (Wildman–Crippen LogP) is 3.33. The molecule has 0 aliphatic rings. The zero-order valence-electron chi connectivity index (χ0n) is 8.90. The van der Waals surface area contributed by atoms with Crippen LogP contribution in [0.25, 0.3) is 10.8 Å². The van der Waals surface area contributed by atoms with E-state index in [1.54, 1.807) is 12.1 Å². The molecule has 0 aliphatic heterocycles. The zero-order chi connectivity index (χ0) is 10.8. The minimum Gasteiger partial charge on any atom is -0.508 e. The first-order valence-electron chi connectivity index (χ1n) is 5.04. The van der Waals surface area contributed by atoms with Gasteiger partial charge in [-0.3, -0.25) is 0 Å². The fourth-order valence-electron chi connectivity index (χ4n) is 1.56. The minimum absolute atomic E-state index is 0.166. The predicted molar refractivity (Wildman–Crippen MR) is 61.4 cm³/mol. The molecule has 0 aliphatic carbocycles. The molecule has 15 heavy (non-hydrogen) atoms. The van der Waals surface area contributed by atoms with E-state index < -0.39 is 0 Å². The van der Waals surface area contributed by atoms with Crippen molar-refractivity contribution in [1.82, 2.24) is 0 Å². The minimum atomic E-state index is 0.166. The Hall–Kier alpha value is -1.70. The van der Waals surface area contributed by atoms with Crippen molar-refractivity contribution in [1.29, 1.82) is 0 Å². The van der Waals surface area contributed by atoms with Crippen molar-refractivity contribution in [2.24, 2.45) is 0 Å². The van der Waals surface area contributed by atoms with Gasteiger partial charge in [0.2, 0.25) is 0 Å². The van der Waals surface area contributed by atoms with Crippen LogP contribution in [-0.4, -0.2) is 11.2 Å². The molecule has 0 atom stereocenters. The molecule has 1 N–H and O–H groups in total. The molecule has 0 fully saturated rings. The van der Waals surface area contributed by atoms with Crippen molar-refractivity contribution in [2.75, 3.05) is 0 Å². The van der Waals surface area contributed by atoms with Crippen molar-refractivity contribution >= 4 is 10.8 Å². The van der Waals surface area contributed by atoms with Crippen LogP contribution >= 0.6 is 0 Å².